The van der Waals surface area contributed by atoms with E-state index in [1.165, 1.54) is 38.5 Å². The van der Waals surface area contributed by atoms with Gasteiger partial charge in [-0.25, -0.2) is 0 Å². The highest BCUT2D eigenvalue weighted by Gasteiger charge is 2.44. The summed E-state index contributed by atoms with van der Waals surface area (Å²) in [5, 5.41) is 3.75. The van der Waals surface area contributed by atoms with E-state index in [2.05, 4.69) is 17.1 Å². The fourth-order valence-electron chi connectivity index (χ4n) is 4.21. The lowest BCUT2D eigenvalue weighted by Crippen LogP contribution is -2.52. The average Bonchev–Trinajstić information content (AvgIpc) is 3.35. The van der Waals surface area contributed by atoms with E-state index >= 15 is 0 Å². The van der Waals surface area contributed by atoms with Crippen LogP contribution >= 0.6 is 0 Å². The van der Waals surface area contributed by atoms with Crippen LogP contribution in [-0.2, 0) is 9.47 Å². The van der Waals surface area contributed by atoms with Gasteiger partial charge in [0.1, 0.15) is 0 Å². The Labute approximate surface area is 140 Å². The average molecular weight is 323 g/mol. The van der Waals surface area contributed by atoms with E-state index in [1.807, 2.05) is 0 Å². The smallest absolute Gasteiger partial charge is 0.194 e. The molecule has 0 radical (unpaired) electrons. The summed E-state index contributed by atoms with van der Waals surface area (Å²) in [6, 6.07) is 0.645. The van der Waals surface area contributed by atoms with Crippen molar-refractivity contribution >= 4 is 5.96 Å². The van der Waals surface area contributed by atoms with Crippen molar-refractivity contribution in [3.8, 4) is 0 Å². The van der Waals surface area contributed by atoms with Gasteiger partial charge < -0.3 is 19.7 Å². The van der Waals surface area contributed by atoms with Gasteiger partial charge in [-0.05, 0) is 25.2 Å². The first-order valence-electron chi connectivity index (χ1n) is 9.48. The SMILES string of the molecule is CCN=C(NC1CC1C1CCCCC1)N1CCOC(COC)C1. The maximum Gasteiger partial charge on any atom is 0.194 e. The predicted molar refractivity (Wildman–Crippen MR) is 92.8 cm³/mol. The van der Waals surface area contributed by atoms with E-state index < -0.39 is 0 Å². The molecule has 23 heavy (non-hydrogen) atoms. The van der Waals surface area contributed by atoms with E-state index in [1.54, 1.807) is 7.11 Å². The third-order valence-corrected chi connectivity index (χ3v) is 5.51. The van der Waals surface area contributed by atoms with Gasteiger partial charge >= 0.3 is 0 Å². The van der Waals surface area contributed by atoms with Crippen molar-refractivity contribution in [1.29, 1.82) is 0 Å². The molecule has 2 aliphatic carbocycles. The molecule has 3 rings (SSSR count). The van der Waals surface area contributed by atoms with Crippen molar-refractivity contribution < 1.29 is 9.47 Å². The first-order chi connectivity index (χ1) is 11.3. The molecule has 3 atom stereocenters. The second kappa shape index (κ2) is 8.34. The number of nitrogens with one attached hydrogen (secondary N) is 1. The lowest BCUT2D eigenvalue weighted by Gasteiger charge is -2.35. The van der Waals surface area contributed by atoms with Gasteiger partial charge in [-0.15, -0.1) is 0 Å². The molecule has 3 unspecified atom stereocenters. The lowest BCUT2D eigenvalue weighted by atomic mass is 9.85. The molecule has 0 spiro atoms. The molecule has 3 fully saturated rings. The highest BCUT2D eigenvalue weighted by molar-refractivity contribution is 5.80. The van der Waals surface area contributed by atoms with Crippen LogP contribution in [0.25, 0.3) is 0 Å². The standard InChI is InChI=1S/C18H33N3O2/c1-3-19-18(21-9-10-23-15(12-21)13-22-2)20-17-11-16(17)14-7-5-4-6-8-14/h14-17H,3-13H2,1-2H3,(H,19,20). The molecule has 1 heterocycles. The summed E-state index contributed by atoms with van der Waals surface area (Å²) < 4.78 is 11.0. The van der Waals surface area contributed by atoms with E-state index in [-0.39, 0.29) is 6.10 Å². The number of guanidine groups is 1. The number of rotatable bonds is 5. The minimum atomic E-state index is 0.158. The summed E-state index contributed by atoms with van der Waals surface area (Å²) in [4.78, 5) is 7.09. The Morgan fingerprint density at radius 2 is 2.13 bits per heavy atom. The highest BCUT2D eigenvalue weighted by atomic mass is 16.5. The highest BCUT2D eigenvalue weighted by Crippen LogP contribution is 2.44. The normalized spacial score (nSPS) is 32.9. The number of aliphatic imine (C=N–C) groups is 1. The van der Waals surface area contributed by atoms with Crippen LogP contribution in [0, 0.1) is 11.8 Å². The summed E-state index contributed by atoms with van der Waals surface area (Å²) in [7, 11) is 1.74. The molecule has 0 aromatic heterocycles. The van der Waals surface area contributed by atoms with Crippen LogP contribution in [0.3, 0.4) is 0 Å². The Morgan fingerprint density at radius 1 is 1.30 bits per heavy atom. The van der Waals surface area contributed by atoms with Crippen LogP contribution in [-0.4, -0.2) is 63.0 Å². The topological polar surface area (TPSA) is 46.1 Å². The third-order valence-electron chi connectivity index (χ3n) is 5.51. The monoisotopic (exact) mass is 323 g/mol. The van der Waals surface area contributed by atoms with Crippen LogP contribution in [0.15, 0.2) is 4.99 Å². The molecule has 1 aliphatic heterocycles. The van der Waals surface area contributed by atoms with Gasteiger partial charge in [-0.3, -0.25) is 4.99 Å². The summed E-state index contributed by atoms with van der Waals surface area (Å²) in [6.45, 7) is 6.16. The first kappa shape index (κ1) is 17.0. The van der Waals surface area contributed by atoms with Crippen LogP contribution in [0.2, 0.25) is 0 Å². The molecule has 132 valence electrons. The molecule has 1 N–H and O–H groups in total. The van der Waals surface area contributed by atoms with Crippen molar-refractivity contribution in [2.75, 3.05) is 40.0 Å². The zero-order chi connectivity index (χ0) is 16.1. The Kier molecular flexibility index (Phi) is 6.17. The van der Waals surface area contributed by atoms with Gasteiger partial charge in [0.2, 0.25) is 0 Å². The maximum absolute atomic E-state index is 5.76. The minimum absolute atomic E-state index is 0.158. The number of methoxy groups -OCH3 is 1. The Bertz CT molecular complexity index is 394. The van der Waals surface area contributed by atoms with Crippen LogP contribution in [0.1, 0.15) is 45.4 Å². The predicted octanol–water partition coefficient (Wildman–Crippen LogP) is 2.27. The van der Waals surface area contributed by atoms with Gasteiger partial charge in [0, 0.05) is 32.8 Å². The molecule has 0 aromatic carbocycles. The van der Waals surface area contributed by atoms with Crippen molar-refractivity contribution in [1.82, 2.24) is 10.2 Å². The zero-order valence-corrected chi connectivity index (χ0v) is 14.8. The first-order valence-corrected chi connectivity index (χ1v) is 9.48. The second-order valence-electron chi connectivity index (χ2n) is 7.24. The molecule has 3 aliphatic rings. The quantitative estimate of drug-likeness (QED) is 0.623. The number of nitrogens with zero attached hydrogens (tertiary/aromatic N) is 2. The van der Waals surface area contributed by atoms with E-state index in [4.69, 9.17) is 14.5 Å². The lowest BCUT2D eigenvalue weighted by molar-refractivity contribution is -0.0447. The number of hydrogen-bond donors (Lipinski definition) is 1. The largest absolute Gasteiger partial charge is 0.382 e. The van der Waals surface area contributed by atoms with E-state index in [0.717, 1.165) is 44.0 Å². The fourth-order valence-corrected chi connectivity index (χ4v) is 4.21. The molecule has 2 saturated carbocycles. The summed E-state index contributed by atoms with van der Waals surface area (Å²) in [6.07, 6.45) is 8.69. The molecular weight excluding hydrogens is 290 g/mol. The summed E-state index contributed by atoms with van der Waals surface area (Å²) in [5.41, 5.74) is 0. The van der Waals surface area contributed by atoms with Crippen molar-refractivity contribution in [3.63, 3.8) is 0 Å². The number of ether oxygens (including phenoxy) is 2. The van der Waals surface area contributed by atoms with Gasteiger partial charge in [0.15, 0.2) is 5.96 Å². The number of morpholine rings is 1. The van der Waals surface area contributed by atoms with Crippen molar-refractivity contribution in [2.45, 2.75) is 57.6 Å². The zero-order valence-electron chi connectivity index (χ0n) is 14.8. The van der Waals surface area contributed by atoms with Gasteiger partial charge in [-0.1, -0.05) is 32.1 Å². The molecule has 0 bridgehead atoms. The van der Waals surface area contributed by atoms with Crippen molar-refractivity contribution in [3.05, 3.63) is 0 Å². The Balaban J connectivity index is 1.52. The van der Waals surface area contributed by atoms with E-state index in [0.29, 0.717) is 12.6 Å². The summed E-state index contributed by atoms with van der Waals surface area (Å²) >= 11 is 0. The fraction of sp³-hybridized carbons (Fsp3) is 0.944. The molecule has 0 amide bonds. The third kappa shape index (κ3) is 4.60. The van der Waals surface area contributed by atoms with Crippen molar-refractivity contribution in [2.24, 2.45) is 16.8 Å². The molecule has 1 saturated heterocycles. The van der Waals surface area contributed by atoms with Gasteiger partial charge in [0.25, 0.3) is 0 Å². The van der Waals surface area contributed by atoms with Gasteiger partial charge in [0.05, 0.1) is 19.3 Å². The molecule has 0 aromatic rings. The molecular formula is C18H33N3O2. The Morgan fingerprint density at radius 3 is 2.87 bits per heavy atom. The number of hydrogen-bond acceptors (Lipinski definition) is 3. The van der Waals surface area contributed by atoms with Crippen LogP contribution < -0.4 is 5.32 Å². The van der Waals surface area contributed by atoms with E-state index in [9.17, 15) is 0 Å². The second-order valence-corrected chi connectivity index (χ2v) is 7.24. The maximum atomic E-state index is 5.76. The van der Waals surface area contributed by atoms with Crippen LogP contribution in [0.4, 0.5) is 0 Å². The summed E-state index contributed by atoms with van der Waals surface area (Å²) in [5.74, 6) is 2.92. The minimum Gasteiger partial charge on any atom is -0.382 e. The van der Waals surface area contributed by atoms with Gasteiger partial charge in [-0.2, -0.15) is 0 Å². The Hall–Kier alpha value is -0.810. The molecule has 5 heteroatoms. The molecule has 5 nitrogen and oxygen atoms in total. The van der Waals surface area contributed by atoms with Crippen LogP contribution in [0.5, 0.6) is 0 Å².